The molecular formula is C18H37N3O2. The van der Waals surface area contributed by atoms with Crippen LogP contribution in [0.2, 0.25) is 0 Å². The summed E-state index contributed by atoms with van der Waals surface area (Å²) in [4.78, 5) is 15.6. The summed E-state index contributed by atoms with van der Waals surface area (Å²) >= 11 is 0. The summed E-state index contributed by atoms with van der Waals surface area (Å²) in [6.45, 7) is 8.57. The van der Waals surface area contributed by atoms with E-state index < -0.39 is 0 Å². The zero-order chi connectivity index (χ0) is 17.1. The fourth-order valence-corrected chi connectivity index (χ4v) is 3.37. The number of unbranched alkanes of at least 4 members (excludes halogenated alkanes) is 3. The molecule has 2 aliphatic heterocycles. The van der Waals surface area contributed by atoms with Gasteiger partial charge < -0.3 is 15.0 Å². The SMILES string of the molecule is CNCCCCCCN1CC2CCC(C1)N2C=O.COC(C)C. The first-order valence-corrected chi connectivity index (χ1v) is 9.24. The van der Waals surface area contributed by atoms with Gasteiger partial charge in [-0.15, -0.1) is 0 Å². The highest BCUT2D eigenvalue weighted by Crippen LogP contribution is 2.28. The van der Waals surface area contributed by atoms with Crippen LogP contribution < -0.4 is 5.32 Å². The molecule has 0 saturated carbocycles. The standard InChI is InChI=1S/C14H27N3O.C4H10O/c1-15-8-4-2-3-5-9-16-10-13-6-7-14(11-16)17(13)12-18;1-4(2)5-3/h12-15H,2-11H2,1H3;4H,1-3H3. The Morgan fingerprint density at radius 2 is 1.70 bits per heavy atom. The van der Waals surface area contributed by atoms with Crippen molar-refractivity contribution in [3.63, 3.8) is 0 Å². The van der Waals surface area contributed by atoms with Crippen LogP contribution in [0.5, 0.6) is 0 Å². The zero-order valence-electron chi connectivity index (χ0n) is 15.6. The van der Waals surface area contributed by atoms with Gasteiger partial charge in [-0.3, -0.25) is 9.69 Å². The summed E-state index contributed by atoms with van der Waals surface area (Å²) in [6.07, 6.45) is 9.15. The highest BCUT2D eigenvalue weighted by molar-refractivity contribution is 5.50. The van der Waals surface area contributed by atoms with Crippen LogP contribution >= 0.6 is 0 Å². The van der Waals surface area contributed by atoms with Gasteiger partial charge in [0.05, 0.1) is 6.10 Å². The lowest BCUT2D eigenvalue weighted by Crippen LogP contribution is -2.53. The highest BCUT2D eigenvalue weighted by Gasteiger charge is 2.38. The number of rotatable bonds is 9. The molecule has 136 valence electrons. The number of hydrogen-bond acceptors (Lipinski definition) is 4. The molecule has 2 bridgehead atoms. The van der Waals surface area contributed by atoms with Crippen molar-refractivity contribution >= 4 is 6.41 Å². The molecule has 2 rings (SSSR count). The summed E-state index contributed by atoms with van der Waals surface area (Å²) < 4.78 is 4.75. The number of amides is 1. The zero-order valence-corrected chi connectivity index (χ0v) is 15.6. The molecule has 1 amide bonds. The fourth-order valence-electron chi connectivity index (χ4n) is 3.37. The van der Waals surface area contributed by atoms with Gasteiger partial charge in [-0.2, -0.15) is 0 Å². The number of likely N-dealkylation sites (tertiary alicyclic amines) is 1. The Morgan fingerprint density at radius 3 is 2.17 bits per heavy atom. The van der Waals surface area contributed by atoms with Gasteiger partial charge in [0.2, 0.25) is 6.41 Å². The maximum absolute atomic E-state index is 11.0. The van der Waals surface area contributed by atoms with Crippen molar-refractivity contribution in [2.24, 2.45) is 0 Å². The molecular weight excluding hydrogens is 290 g/mol. The molecule has 2 unspecified atom stereocenters. The summed E-state index contributed by atoms with van der Waals surface area (Å²) in [5.41, 5.74) is 0. The molecule has 5 heteroatoms. The van der Waals surface area contributed by atoms with Gasteiger partial charge in [-0.1, -0.05) is 12.8 Å². The molecule has 1 N–H and O–H groups in total. The maximum atomic E-state index is 11.0. The van der Waals surface area contributed by atoms with Crippen LogP contribution in [0.25, 0.3) is 0 Å². The minimum atomic E-state index is 0.384. The molecule has 23 heavy (non-hydrogen) atoms. The van der Waals surface area contributed by atoms with E-state index in [0.29, 0.717) is 18.2 Å². The van der Waals surface area contributed by atoms with E-state index in [2.05, 4.69) is 15.1 Å². The second-order valence-corrected chi connectivity index (χ2v) is 7.00. The minimum Gasteiger partial charge on any atom is -0.382 e. The van der Waals surface area contributed by atoms with E-state index in [1.54, 1.807) is 7.11 Å². The normalized spacial score (nSPS) is 23.8. The lowest BCUT2D eigenvalue weighted by molar-refractivity contribution is -0.123. The summed E-state index contributed by atoms with van der Waals surface area (Å²) in [5.74, 6) is 0. The lowest BCUT2D eigenvalue weighted by atomic mass is 10.1. The van der Waals surface area contributed by atoms with E-state index in [1.807, 2.05) is 20.9 Å². The first kappa shape index (κ1) is 20.4. The maximum Gasteiger partial charge on any atom is 0.210 e. The average Bonchev–Trinajstić information content (AvgIpc) is 2.80. The summed E-state index contributed by atoms with van der Waals surface area (Å²) in [6, 6.07) is 1.01. The molecule has 2 heterocycles. The quantitative estimate of drug-likeness (QED) is 0.520. The number of carbonyl (C=O) groups is 1. The number of nitrogens with one attached hydrogen (secondary N) is 1. The molecule has 0 aromatic carbocycles. The van der Waals surface area contributed by atoms with Gasteiger partial charge in [-0.25, -0.2) is 0 Å². The van der Waals surface area contributed by atoms with Gasteiger partial charge >= 0.3 is 0 Å². The molecule has 0 aromatic rings. The molecule has 0 aromatic heterocycles. The van der Waals surface area contributed by atoms with Crippen molar-refractivity contribution in [2.45, 2.75) is 70.6 Å². The lowest BCUT2D eigenvalue weighted by Gasteiger charge is -2.39. The van der Waals surface area contributed by atoms with E-state index in [0.717, 1.165) is 26.0 Å². The fraction of sp³-hybridized carbons (Fsp3) is 0.944. The molecule has 2 saturated heterocycles. The highest BCUT2D eigenvalue weighted by atomic mass is 16.5. The molecule has 2 aliphatic rings. The Kier molecular flexibility index (Phi) is 10.5. The molecule has 2 fully saturated rings. The Bertz CT molecular complexity index is 299. The van der Waals surface area contributed by atoms with Gasteiger partial charge in [-0.05, 0) is 59.7 Å². The number of nitrogens with zero attached hydrogens (tertiary/aromatic N) is 2. The third kappa shape index (κ3) is 7.64. The van der Waals surface area contributed by atoms with Crippen molar-refractivity contribution in [3.05, 3.63) is 0 Å². The predicted octanol–water partition coefficient (Wildman–Crippen LogP) is 2.11. The molecule has 2 atom stereocenters. The second kappa shape index (κ2) is 11.8. The molecule has 5 nitrogen and oxygen atoms in total. The van der Waals surface area contributed by atoms with Crippen LogP contribution in [-0.4, -0.2) is 74.7 Å². The molecule has 0 radical (unpaired) electrons. The Balaban J connectivity index is 0.000000463. The van der Waals surface area contributed by atoms with Crippen molar-refractivity contribution in [2.75, 3.05) is 40.3 Å². The first-order valence-electron chi connectivity index (χ1n) is 9.24. The van der Waals surface area contributed by atoms with Crippen LogP contribution in [-0.2, 0) is 9.53 Å². The van der Waals surface area contributed by atoms with Crippen LogP contribution in [0.15, 0.2) is 0 Å². The number of methoxy groups -OCH3 is 1. The van der Waals surface area contributed by atoms with Crippen molar-refractivity contribution in [1.29, 1.82) is 0 Å². The first-order chi connectivity index (χ1) is 11.1. The topological polar surface area (TPSA) is 44.8 Å². The average molecular weight is 328 g/mol. The third-order valence-electron chi connectivity index (χ3n) is 4.86. The predicted molar refractivity (Wildman–Crippen MR) is 95.7 cm³/mol. The monoisotopic (exact) mass is 327 g/mol. The number of carbonyl (C=O) groups excluding carboxylic acids is 1. The second-order valence-electron chi connectivity index (χ2n) is 7.00. The minimum absolute atomic E-state index is 0.384. The number of hydrogen-bond donors (Lipinski definition) is 1. The summed E-state index contributed by atoms with van der Waals surface area (Å²) in [5, 5.41) is 3.19. The van der Waals surface area contributed by atoms with Crippen molar-refractivity contribution < 1.29 is 9.53 Å². The van der Waals surface area contributed by atoms with Crippen molar-refractivity contribution in [1.82, 2.24) is 15.1 Å². The number of piperazine rings is 1. The largest absolute Gasteiger partial charge is 0.382 e. The van der Waals surface area contributed by atoms with Crippen molar-refractivity contribution in [3.8, 4) is 0 Å². The summed E-state index contributed by atoms with van der Waals surface area (Å²) in [7, 11) is 3.72. The number of fused-ring (bicyclic) bond motifs is 2. The smallest absolute Gasteiger partial charge is 0.210 e. The van der Waals surface area contributed by atoms with Gasteiger partial charge in [0.25, 0.3) is 0 Å². The Labute approximate surface area is 142 Å². The Hall–Kier alpha value is -0.650. The van der Waals surface area contributed by atoms with Crippen LogP contribution in [0, 0.1) is 0 Å². The molecule has 0 spiro atoms. The van der Waals surface area contributed by atoms with Gasteiger partial charge in [0.15, 0.2) is 0 Å². The van der Waals surface area contributed by atoms with E-state index in [9.17, 15) is 4.79 Å². The number of ether oxygens (including phenoxy) is 1. The van der Waals surface area contributed by atoms with E-state index >= 15 is 0 Å². The van der Waals surface area contributed by atoms with Crippen LogP contribution in [0.4, 0.5) is 0 Å². The Morgan fingerprint density at radius 1 is 1.13 bits per heavy atom. The van der Waals surface area contributed by atoms with Gasteiger partial charge in [0, 0.05) is 32.3 Å². The van der Waals surface area contributed by atoms with Crippen LogP contribution in [0.3, 0.4) is 0 Å². The van der Waals surface area contributed by atoms with E-state index in [1.165, 1.54) is 45.1 Å². The van der Waals surface area contributed by atoms with Crippen LogP contribution in [0.1, 0.15) is 52.4 Å². The van der Waals surface area contributed by atoms with E-state index in [4.69, 9.17) is 4.74 Å². The van der Waals surface area contributed by atoms with Gasteiger partial charge in [0.1, 0.15) is 0 Å². The van der Waals surface area contributed by atoms with E-state index in [-0.39, 0.29) is 0 Å². The third-order valence-corrected chi connectivity index (χ3v) is 4.86. The molecule has 0 aliphatic carbocycles.